The van der Waals surface area contributed by atoms with Gasteiger partial charge in [-0.3, -0.25) is 8.74 Å². The largest absolute Gasteiger partial charge is 0.456 e. The first-order chi connectivity index (χ1) is 5.59. The maximum Gasteiger partial charge on any atom is 0.456 e. The summed E-state index contributed by atoms with van der Waals surface area (Å²) in [5.74, 6) is -5.15. The van der Waals surface area contributed by atoms with Crippen LogP contribution in [0.5, 0.6) is 0 Å². The molecule has 80 valence electrons. The molecule has 0 fully saturated rings. The lowest BCUT2D eigenvalue weighted by Crippen LogP contribution is -2.47. The van der Waals surface area contributed by atoms with E-state index in [-0.39, 0.29) is 0 Å². The SMILES string of the molecule is CC(OS(=O)O)C(F)(F)C(F)(F)F. The first-order valence-electron chi connectivity index (χ1n) is 2.81. The van der Waals surface area contributed by atoms with Crippen molar-refractivity contribution in [3.05, 3.63) is 0 Å². The van der Waals surface area contributed by atoms with Gasteiger partial charge in [0.1, 0.15) is 6.10 Å². The molecule has 0 rings (SSSR count). The Balaban J connectivity index is 4.54. The van der Waals surface area contributed by atoms with E-state index in [2.05, 4.69) is 4.18 Å². The molecule has 3 nitrogen and oxygen atoms in total. The lowest BCUT2D eigenvalue weighted by molar-refractivity contribution is -0.306. The van der Waals surface area contributed by atoms with Crippen molar-refractivity contribution >= 4 is 11.4 Å². The van der Waals surface area contributed by atoms with Crippen molar-refractivity contribution in [2.75, 3.05) is 0 Å². The van der Waals surface area contributed by atoms with Crippen LogP contribution >= 0.6 is 0 Å². The quantitative estimate of drug-likeness (QED) is 0.591. The summed E-state index contributed by atoms with van der Waals surface area (Å²) >= 11 is -3.16. The van der Waals surface area contributed by atoms with Gasteiger partial charge in [0.25, 0.3) is 0 Å². The molecule has 0 aliphatic heterocycles. The maximum absolute atomic E-state index is 12.2. The molecule has 0 radical (unpaired) electrons. The van der Waals surface area contributed by atoms with E-state index in [1.54, 1.807) is 0 Å². The van der Waals surface area contributed by atoms with Gasteiger partial charge in [-0.1, -0.05) is 0 Å². The highest BCUT2D eigenvalue weighted by molar-refractivity contribution is 7.74. The number of hydrogen-bond donors (Lipinski definition) is 1. The standard InChI is InChI=1S/C4H5F5O3S/c1-2(12-13(10)11)3(5,6)4(7,8)9/h2H,1H3,(H,10,11). The van der Waals surface area contributed by atoms with Crippen LogP contribution in [0.15, 0.2) is 0 Å². The number of rotatable bonds is 3. The van der Waals surface area contributed by atoms with E-state index >= 15 is 0 Å². The van der Waals surface area contributed by atoms with Gasteiger partial charge in [0.2, 0.25) is 0 Å². The van der Waals surface area contributed by atoms with E-state index in [0.717, 1.165) is 0 Å². The summed E-state index contributed by atoms with van der Waals surface area (Å²) in [5.41, 5.74) is 0. The third-order valence-corrected chi connectivity index (χ3v) is 1.57. The Hall–Kier alpha value is -0.280. The van der Waals surface area contributed by atoms with E-state index in [0.29, 0.717) is 6.92 Å². The normalized spacial score (nSPS) is 18.4. The van der Waals surface area contributed by atoms with Gasteiger partial charge >= 0.3 is 23.5 Å². The smallest absolute Gasteiger partial charge is 0.284 e. The second kappa shape index (κ2) is 3.84. The monoisotopic (exact) mass is 228 g/mol. The van der Waals surface area contributed by atoms with E-state index < -0.39 is 29.6 Å². The molecule has 9 heteroatoms. The van der Waals surface area contributed by atoms with Crippen LogP contribution < -0.4 is 0 Å². The average Bonchev–Trinajstić information content (AvgIpc) is 1.82. The van der Waals surface area contributed by atoms with Crippen molar-refractivity contribution < 1.29 is 34.9 Å². The fourth-order valence-electron chi connectivity index (χ4n) is 0.414. The van der Waals surface area contributed by atoms with Gasteiger partial charge in [-0.2, -0.15) is 26.2 Å². The predicted octanol–water partition coefficient (Wildman–Crippen LogP) is 1.73. The number of halogens is 5. The number of alkyl halides is 5. The summed E-state index contributed by atoms with van der Waals surface area (Å²) in [6.45, 7) is 0.349. The molecule has 0 aromatic rings. The van der Waals surface area contributed by atoms with Gasteiger partial charge in [0, 0.05) is 0 Å². The molecule has 0 spiro atoms. The Morgan fingerprint density at radius 2 is 1.69 bits per heavy atom. The molecule has 0 aliphatic carbocycles. The topological polar surface area (TPSA) is 46.5 Å². The van der Waals surface area contributed by atoms with Gasteiger partial charge < -0.3 is 0 Å². The van der Waals surface area contributed by atoms with E-state index in [1.807, 2.05) is 0 Å². The van der Waals surface area contributed by atoms with Crippen LogP contribution in [-0.2, 0) is 15.5 Å². The maximum atomic E-state index is 12.2. The molecule has 0 aliphatic rings. The Kier molecular flexibility index (Phi) is 3.76. The Bertz CT molecular complexity index is 202. The molecule has 0 saturated carbocycles. The zero-order valence-electron chi connectivity index (χ0n) is 6.14. The first-order valence-corrected chi connectivity index (χ1v) is 3.84. The minimum Gasteiger partial charge on any atom is -0.284 e. The van der Waals surface area contributed by atoms with Gasteiger partial charge in [-0.15, -0.1) is 0 Å². The molecule has 13 heavy (non-hydrogen) atoms. The fourth-order valence-corrected chi connectivity index (χ4v) is 0.782. The molecule has 2 atom stereocenters. The van der Waals surface area contributed by atoms with Gasteiger partial charge in [0.15, 0.2) is 0 Å². The van der Waals surface area contributed by atoms with Crippen LogP contribution in [-0.4, -0.2) is 27.0 Å². The van der Waals surface area contributed by atoms with Crippen LogP contribution in [0.3, 0.4) is 0 Å². The summed E-state index contributed by atoms with van der Waals surface area (Å²) < 4.78 is 80.0. The van der Waals surface area contributed by atoms with Crippen LogP contribution in [0, 0.1) is 0 Å². The lowest BCUT2D eigenvalue weighted by atomic mass is 10.2. The summed E-state index contributed by atoms with van der Waals surface area (Å²) in [6, 6.07) is 0. The van der Waals surface area contributed by atoms with Crippen LogP contribution in [0.2, 0.25) is 0 Å². The zero-order valence-corrected chi connectivity index (χ0v) is 6.96. The molecule has 0 saturated heterocycles. The van der Waals surface area contributed by atoms with E-state index in [4.69, 9.17) is 4.55 Å². The summed E-state index contributed by atoms with van der Waals surface area (Å²) in [5, 5.41) is 0. The molecule has 0 amide bonds. The first kappa shape index (κ1) is 12.7. The van der Waals surface area contributed by atoms with Gasteiger partial charge in [-0.25, -0.2) is 0 Å². The molecule has 1 N–H and O–H groups in total. The van der Waals surface area contributed by atoms with Crippen molar-refractivity contribution in [2.24, 2.45) is 0 Å². The Morgan fingerprint density at radius 3 is 1.92 bits per heavy atom. The highest BCUT2D eigenvalue weighted by atomic mass is 32.2. The second-order valence-corrected chi connectivity index (χ2v) is 2.70. The van der Waals surface area contributed by atoms with E-state index in [1.165, 1.54) is 0 Å². The fraction of sp³-hybridized carbons (Fsp3) is 1.00. The minimum absolute atomic E-state index is 0.349. The molecule has 0 aromatic heterocycles. The van der Waals surface area contributed by atoms with E-state index in [9.17, 15) is 26.2 Å². The molecule has 0 bridgehead atoms. The van der Waals surface area contributed by atoms with Gasteiger partial charge in [0.05, 0.1) is 0 Å². The summed E-state index contributed by atoms with van der Waals surface area (Å²) in [6.07, 6.45) is -8.51. The van der Waals surface area contributed by atoms with Crippen molar-refractivity contribution in [1.29, 1.82) is 0 Å². The third-order valence-electron chi connectivity index (χ3n) is 1.12. The van der Waals surface area contributed by atoms with Crippen molar-refractivity contribution in [3.8, 4) is 0 Å². The molecule has 2 unspecified atom stereocenters. The molecule has 0 heterocycles. The highest BCUT2D eigenvalue weighted by Gasteiger charge is 2.62. The van der Waals surface area contributed by atoms with Crippen molar-refractivity contribution in [2.45, 2.75) is 25.1 Å². The average molecular weight is 228 g/mol. The molecule has 0 aromatic carbocycles. The van der Waals surface area contributed by atoms with Gasteiger partial charge in [-0.05, 0) is 6.92 Å². The molecular weight excluding hydrogens is 223 g/mol. The lowest BCUT2D eigenvalue weighted by Gasteiger charge is -2.23. The van der Waals surface area contributed by atoms with Crippen molar-refractivity contribution in [1.82, 2.24) is 0 Å². The third kappa shape index (κ3) is 3.16. The number of hydrogen-bond acceptors (Lipinski definition) is 2. The van der Waals surface area contributed by atoms with Crippen LogP contribution in [0.4, 0.5) is 22.0 Å². The predicted molar refractivity (Wildman–Crippen MR) is 32.3 cm³/mol. The van der Waals surface area contributed by atoms with Crippen LogP contribution in [0.1, 0.15) is 6.92 Å². The summed E-state index contributed by atoms with van der Waals surface area (Å²) in [7, 11) is 0. The Morgan fingerprint density at radius 1 is 1.31 bits per heavy atom. The highest BCUT2D eigenvalue weighted by Crippen LogP contribution is 2.39. The summed E-state index contributed by atoms with van der Waals surface area (Å²) in [4.78, 5) is 0. The van der Waals surface area contributed by atoms with Crippen LogP contribution in [0.25, 0.3) is 0 Å². The molecular formula is C4H5F5O3S. The minimum atomic E-state index is -5.80. The van der Waals surface area contributed by atoms with Crippen molar-refractivity contribution in [3.63, 3.8) is 0 Å². The zero-order chi connectivity index (χ0) is 10.9. The second-order valence-electron chi connectivity index (χ2n) is 2.08. The Labute approximate surface area is 72.4 Å².